The van der Waals surface area contributed by atoms with E-state index in [4.69, 9.17) is 0 Å². The maximum Gasteiger partial charge on any atom is 0.265 e. The number of rotatable bonds is 1. The number of benzene rings is 1. The van der Waals surface area contributed by atoms with Crippen LogP contribution >= 0.6 is 31.9 Å². The van der Waals surface area contributed by atoms with Crippen LogP contribution < -0.4 is 5.56 Å². The van der Waals surface area contributed by atoms with Gasteiger partial charge in [-0.3, -0.25) is 4.79 Å². The van der Waals surface area contributed by atoms with E-state index < -0.39 is 0 Å². The largest absolute Gasteiger partial charge is 0.306 e. The molecule has 0 fully saturated rings. The average molecular weight is 348 g/mol. The van der Waals surface area contributed by atoms with Gasteiger partial charge in [0.2, 0.25) is 0 Å². The lowest BCUT2D eigenvalue weighted by Gasteiger charge is -2.03. The molecule has 0 aliphatic heterocycles. The van der Waals surface area contributed by atoms with Crippen molar-refractivity contribution in [2.45, 2.75) is 0 Å². The first-order chi connectivity index (χ1) is 7.58. The highest BCUT2D eigenvalue weighted by atomic mass is 79.9. The molecule has 0 bridgehead atoms. The van der Waals surface area contributed by atoms with Gasteiger partial charge in [0.15, 0.2) is 0 Å². The Morgan fingerprint density at radius 3 is 2.62 bits per heavy atom. The highest BCUT2D eigenvalue weighted by Gasteiger charge is 2.07. The van der Waals surface area contributed by atoms with E-state index in [2.05, 4.69) is 41.8 Å². The fourth-order valence-electron chi connectivity index (χ4n) is 1.20. The standard InChI is InChI=1S/C10H5Br2FN2O/c11-7-3-5(13)1-2-6(7)9-14-4-8(12)10(16)15-9/h1-4H,(H,14,15,16). The highest BCUT2D eigenvalue weighted by Crippen LogP contribution is 2.25. The zero-order valence-corrected chi connectivity index (χ0v) is 11.0. The van der Waals surface area contributed by atoms with Crippen LogP contribution in [-0.2, 0) is 0 Å². The quantitative estimate of drug-likeness (QED) is 0.861. The van der Waals surface area contributed by atoms with Crippen molar-refractivity contribution in [1.29, 1.82) is 0 Å². The predicted molar refractivity (Wildman–Crippen MR) is 65.7 cm³/mol. The third-order valence-corrected chi connectivity index (χ3v) is 3.16. The summed E-state index contributed by atoms with van der Waals surface area (Å²) in [6.45, 7) is 0. The molecule has 0 saturated heterocycles. The topological polar surface area (TPSA) is 45.8 Å². The van der Waals surface area contributed by atoms with E-state index in [1.54, 1.807) is 6.07 Å². The minimum Gasteiger partial charge on any atom is -0.306 e. The molecular formula is C10H5Br2FN2O. The number of aromatic amines is 1. The molecule has 6 heteroatoms. The predicted octanol–water partition coefficient (Wildman–Crippen LogP) is 3.10. The summed E-state index contributed by atoms with van der Waals surface area (Å²) < 4.78 is 13.8. The number of H-pyrrole nitrogens is 1. The number of hydrogen-bond donors (Lipinski definition) is 1. The summed E-state index contributed by atoms with van der Waals surface area (Å²) in [5.41, 5.74) is 0.354. The lowest BCUT2D eigenvalue weighted by Crippen LogP contribution is -2.09. The van der Waals surface area contributed by atoms with E-state index in [-0.39, 0.29) is 11.4 Å². The van der Waals surface area contributed by atoms with Gasteiger partial charge in [0.25, 0.3) is 5.56 Å². The molecule has 0 unspecified atom stereocenters. The number of nitrogens with zero attached hydrogens (tertiary/aromatic N) is 1. The molecule has 0 radical (unpaired) electrons. The van der Waals surface area contributed by atoms with Gasteiger partial charge in [0.1, 0.15) is 16.1 Å². The third kappa shape index (κ3) is 2.22. The molecule has 1 aromatic carbocycles. The Labute approximate surface area is 107 Å². The van der Waals surface area contributed by atoms with E-state index in [0.717, 1.165) is 0 Å². The first-order valence-electron chi connectivity index (χ1n) is 4.28. The van der Waals surface area contributed by atoms with Crippen molar-refractivity contribution in [3.05, 3.63) is 49.5 Å². The lowest BCUT2D eigenvalue weighted by atomic mass is 10.2. The van der Waals surface area contributed by atoms with E-state index in [0.29, 0.717) is 20.3 Å². The molecule has 3 nitrogen and oxygen atoms in total. The van der Waals surface area contributed by atoms with Crippen LogP contribution in [0.3, 0.4) is 0 Å². The van der Waals surface area contributed by atoms with Gasteiger partial charge in [-0.25, -0.2) is 9.37 Å². The number of aromatic nitrogens is 2. The van der Waals surface area contributed by atoms with Crippen molar-refractivity contribution in [1.82, 2.24) is 9.97 Å². The van der Waals surface area contributed by atoms with Crippen molar-refractivity contribution < 1.29 is 4.39 Å². The summed E-state index contributed by atoms with van der Waals surface area (Å²) in [6.07, 6.45) is 1.41. The van der Waals surface area contributed by atoms with Crippen LogP contribution in [0.5, 0.6) is 0 Å². The molecule has 0 aliphatic rings. The maximum atomic E-state index is 12.9. The Morgan fingerprint density at radius 1 is 1.25 bits per heavy atom. The van der Waals surface area contributed by atoms with Gasteiger partial charge < -0.3 is 4.98 Å². The monoisotopic (exact) mass is 346 g/mol. The Hall–Kier alpha value is -1.01. The van der Waals surface area contributed by atoms with Crippen molar-refractivity contribution in [3.8, 4) is 11.4 Å². The van der Waals surface area contributed by atoms with Crippen LogP contribution in [0, 0.1) is 5.82 Å². The SMILES string of the molecule is O=c1[nH]c(-c2ccc(F)cc2Br)ncc1Br. The lowest BCUT2D eigenvalue weighted by molar-refractivity contribution is 0.627. The fraction of sp³-hybridized carbons (Fsp3) is 0. The van der Waals surface area contributed by atoms with E-state index in [1.165, 1.54) is 18.3 Å². The van der Waals surface area contributed by atoms with E-state index in [9.17, 15) is 9.18 Å². The number of hydrogen-bond acceptors (Lipinski definition) is 2. The highest BCUT2D eigenvalue weighted by molar-refractivity contribution is 9.10. The van der Waals surface area contributed by atoms with Gasteiger partial charge in [0.05, 0.1) is 0 Å². The van der Waals surface area contributed by atoms with Gasteiger partial charge in [-0.2, -0.15) is 0 Å². The molecule has 0 saturated carbocycles. The maximum absolute atomic E-state index is 12.9. The van der Waals surface area contributed by atoms with Gasteiger partial charge in [-0.05, 0) is 50.1 Å². The van der Waals surface area contributed by atoms with Gasteiger partial charge in [0, 0.05) is 16.2 Å². The smallest absolute Gasteiger partial charge is 0.265 e. The molecular weight excluding hydrogens is 343 g/mol. The summed E-state index contributed by atoms with van der Waals surface area (Å²) in [7, 11) is 0. The van der Waals surface area contributed by atoms with Crippen LogP contribution in [0.25, 0.3) is 11.4 Å². The van der Waals surface area contributed by atoms with Crippen LogP contribution in [-0.4, -0.2) is 9.97 Å². The fourth-order valence-corrected chi connectivity index (χ4v) is 1.94. The number of halogens is 3. The molecule has 0 atom stereocenters. The Bertz CT molecular complexity index is 598. The third-order valence-electron chi connectivity index (χ3n) is 1.94. The molecule has 0 aliphatic carbocycles. The average Bonchev–Trinajstić information content (AvgIpc) is 2.22. The first kappa shape index (κ1) is 11.5. The van der Waals surface area contributed by atoms with E-state index in [1.807, 2.05) is 0 Å². The second-order valence-electron chi connectivity index (χ2n) is 3.03. The molecule has 1 N–H and O–H groups in total. The molecule has 1 aromatic heterocycles. The molecule has 16 heavy (non-hydrogen) atoms. The minimum absolute atomic E-state index is 0.277. The molecule has 0 amide bonds. The van der Waals surface area contributed by atoms with Gasteiger partial charge in [-0.15, -0.1) is 0 Å². The summed E-state index contributed by atoms with van der Waals surface area (Å²) in [5, 5.41) is 0. The molecule has 2 aromatic rings. The normalized spacial score (nSPS) is 10.4. The van der Waals surface area contributed by atoms with Crippen molar-refractivity contribution in [2.24, 2.45) is 0 Å². The number of nitrogens with one attached hydrogen (secondary N) is 1. The first-order valence-corrected chi connectivity index (χ1v) is 5.87. The van der Waals surface area contributed by atoms with Gasteiger partial charge >= 0.3 is 0 Å². The van der Waals surface area contributed by atoms with Crippen molar-refractivity contribution in [2.75, 3.05) is 0 Å². The summed E-state index contributed by atoms with van der Waals surface area (Å²) >= 11 is 6.27. The molecule has 82 valence electrons. The summed E-state index contributed by atoms with van der Waals surface area (Å²) in [5.74, 6) is 0.0372. The molecule has 0 spiro atoms. The summed E-state index contributed by atoms with van der Waals surface area (Å²) in [4.78, 5) is 18.0. The summed E-state index contributed by atoms with van der Waals surface area (Å²) in [6, 6.07) is 4.17. The Kier molecular flexibility index (Phi) is 3.20. The van der Waals surface area contributed by atoms with Crippen LogP contribution in [0.15, 0.2) is 38.1 Å². The van der Waals surface area contributed by atoms with Gasteiger partial charge in [-0.1, -0.05) is 0 Å². The van der Waals surface area contributed by atoms with Crippen molar-refractivity contribution in [3.63, 3.8) is 0 Å². The molecule has 2 rings (SSSR count). The van der Waals surface area contributed by atoms with Crippen LogP contribution in [0.2, 0.25) is 0 Å². The molecule has 1 heterocycles. The van der Waals surface area contributed by atoms with Crippen LogP contribution in [0.1, 0.15) is 0 Å². The van der Waals surface area contributed by atoms with E-state index >= 15 is 0 Å². The second-order valence-corrected chi connectivity index (χ2v) is 4.74. The Morgan fingerprint density at radius 2 is 2.00 bits per heavy atom. The van der Waals surface area contributed by atoms with Crippen LogP contribution in [0.4, 0.5) is 4.39 Å². The zero-order valence-electron chi connectivity index (χ0n) is 7.80. The zero-order chi connectivity index (χ0) is 11.7. The minimum atomic E-state index is -0.352. The second kappa shape index (κ2) is 4.47. The Balaban J connectivity index is 2.59. The van der Waals surface area contributed by atoms with Crippen molar-refractivity contribution >= 4 is 31.9 Å².